The van der Waals surface area contributed by atoms with Crippen LogP contribution in [0.3, 0.4) is 0 Å². The molecule has 5 heteroatoms. The highest BCUT2D eigenvalue weighted by atomic mass is 16.5. The molecule has 1 aromatic carbocycles. The molecule has 3 rings (SSSR count). The van der Waals surface area contributed by atoms with E-state index >= 15 is 0 Å². The van der Waals surface area contributed by atoms with Crippen LogP contribution < -0.4 is 5.32 Å². The van der Waals surface area contributed by atoms with Gasteiger partial charge in [-0.05, 0) is 43.0 Å². The number of Topliss-reactive ketones (excluding diaryl/α,β-unsaturated/α-hetero) is 1. The SMILES string of the molecule is CN1Cc2cc(C(=O)CCC3CCCO3)ccc2NC1=O. The number of nitrogens with one attached hydrogen (secondary N) is 1. The molecule has 21 heavy (non-hydrogen) atoms. The molecule has 2 aliphatic heterocycles. The number of urea groups is 1. The Kier molecular flexibility index (Phi) is 3.92. The molecule has 112 valence electrons. The predicted octanol–water partition coefficient (Wildman–Crippen LogP) is 2.81. The highest BCUT2D eigenvalue weighted by Crippen LogP contribution is 2.25. The largest absolute Gasteiger partial charge is 0.378 e. The van der Waals surface area contributed by atoms with E-state index in [1.807, 2.05) is 12.1 Å². The van der Waals surface area contributed by atoms with E-state index < -0.39 is 0 Å². The zero-order valence-corrected chi connectivity index (χ0v) is 12.2. The monoisotopic (exact) mass is 288 g/mol. The summed E-state index contributed by atoms with van der Waals surface area (Å²) in [4.78, 5) is 25.4. The molecule has 1 atom stereocenters. The molecule has 1 fully saturated rings. The summed E-state index contributed by atoms with van der Waals surface area (Å²) < 4.78 is 5.55. The first-order chi connectivity index (χ1) is 10.1. The highest BCUT2D eigenvalue weighted by molar-refractivity contribution is 5.98. The third-order valence-electron chi connectivity index (χ3n) is 4.14. The average molecular weight is 288 g/mol. The maximum Gasteiger partial charge on any atom is 0.321 e. The zero-order chi connectivity index (χ0) is 14.8. The fraction of sp³-hybridized carbons (Fsp3) is 0.500. The first kappa shape index (κ1) is 14.1. The second-order valence-electron chi connectivity index (χ2n) is 5.76. The number of ether oxygens (including phenoxy) is 1. The number of anilines is 1. The lowest BCUT2D eigenvalue weighted by molar-refractivity contribution is 0.0859. The van der Waals surface area contributed by atoms with Crippen LogP contribution in [0.15, 0.2) is 18.2 Å². The van der Waals surface area contributed by atoms with Gasteiger partial charge in [0.1, 0.15) is 0 Å². The summed E-state index contributed by atoms with van der Waals surface area (Å²) in [5, 5.41) is 2.81. The Balaban J connectivity index is 1.66. The number of ketones is 1. The van der Waals surface area contributed by atoms with Gasteiger partial charge in [-0.2, -0.15) is 0 Å². The Morgan fingerprint density at radius 1 is 1.48 bits per heavy atom. The van der Waals surface area contributed by atoms with Gasteiger partial charge < -0.3 is 15.0 Å². The Hall–Kier alpha value is -1.88. The first-order valence-corrected chi connectivity index (χ1v) is 7.43. The third-order valence-corrected chi connectivity index (χ3v) is 4.14. The second-order valence-corrected chi connectivity index (χ2v) is 5.76. The normalized spacial score (nSPS) is 21.1. The van der Waals surface area contributed by atoms with Gasteiger partial charge in [0.05, 0.1) is 6.10 Å². The van der Waals surface area contributed by atoms with Crippen molar-refractivity contribution in [3.05, 3.63) is 29.3 Å². The molecule has 0 aromatic heterocycles. The van der Waals surface area contributed by atoms with Crippen molar-refractivity contribution < 1.29 is 14.3 Å². The van der Waals surface area contributed by atoms with Gasteiger partial charge in [0.15, 0.2) is 5.78 Å². The lowest BCUT2D eigenvalue weighted by Gasteiger charge is -2.26. The number of hydrogen-bond donors (Lipinski definition) is 1. The molecule has 1 N–H and O–H groups in total. The molecule has 0 saturated carbocycles. The van der Waals surface area contributed by atoms with Gasteiger partial charge in [0, 0.05) is 37.9 Å². The van der Waals surface area contributed by atoms with Crippen molar-refractivity contribution in [2.45, 2.75) is 38.3 Å². The molecule has 0 bridgehead atoms. The maximum atomic E-state index is 12.3. The molecular weight excluding hydrogens is 268 g/mol. The topological polar surface area (TPSA) is 58.6 Å². The number of amides is 2. The fourth-order valence-corrected chi connectivity index (χ4v) is 2.87. The average Bonchev–Trinajstić information content (AvgIpc) is 2.99. The minimum atomic E-state index is -0.111. The fourth-order valence-electron chi connectivity index (χ4n) is 2.87. The second kappa shape index (κ2) is 5.85. The molecule has 1 unspecified atom stereocenters. The van der Waals surface area contributed by atoms with Crippen LogP contribution in [0.2, 0.25) is 0 Å². The number of hydrogen-bond acceptors (Lipinski definition) is 3. The molecule has 2 amide bonds. The van der Waals surface area contributed by atoms with Crippen LogP contribution in [0, 0.1) is 0 Å². The lowest BCUT2D eigenvalue weighted by Crippen LogP contribution is -2.35. The molecule has 2 heterocycles. The van der Waals surface area contributed by atoms with Gasteiger partial charge in [-0.25, -0.2) is 4.79 Å². The minimum Gasteiger partial charge on any atom is -0.378 e. The van der Waals surface area contributed by atoms with Gasteiger partial charge in [-0.3, -0.25) is 4.79 Å². The van der Waals surface area contributed by atoms with Gasteiger partial charge in [0.25, 0.3) is 0 Å². The van der Waals surface area contributed by atoms with Crippen LogP contribution in [0.25, 0.3) is 0 Å². The number of rotatable bonds is 4. The van der Waals surface area contributed by atoms with E-state index in [1.54, 1.807) is 18.0 Å². The number of carbonyl (C=O) groups excluding carboxylic acids is 2. The molecule has 5 nitrogen and oxygen atoms in total. The molecule has 0 spiro atoms. The van der Waals surface area contributed by atoms with Crippen molar-refractivity contribution >= 4 is 17.5 Å². The molecule has 0 aliphatic carbocycles. The van der Waals surface area contributed by atoms with Gasteiger partial charge >= 0.3 is 6.03 Å². The predicted molar refractivity (Wildman–Crippen MR) is 79.5 cm³/mol. The smallest absolute Gasteiger partial charge is 0.321 e. The Morgan fingerprint density at radius 3 is 3.10 bits per heavy atom. The van der Waals surface area contributed by atoms with E-state index in [9.17, 15) is 9.59 Å². The Labute approximate surface area is 124 Å². The van der Waals surface area contributed by atoms with E-state index in [0.717, 1.165) is 42.7 Å². The van der Waals surface area contributed by atoms with Crippen molar-refractivity contribution in [3.63, 3.8) is 0 Å². The third kappa shape index (κ3) is 3.08. The highest BCUT2D eigenvalue weighted by Gasteiger charge is 2.21. The van der Waals surface area contributed by atoms with Crippen LogP contribution in [0.1, 0.15) is 41.6 Å². The molecule has 1 aromatic rings. The van der Waals surface area contributed by atoms with E-state index in [2.05, 4.69) is 5.32 Å². The zero-order valence-electron chi connectivity index (χ0n) is 12.2. The van der Waals surface area contributed by atoms with Gasteiger partial charge in [0.2, 0.25) is 0 Å². The number of benzene rings is 1. The van der Waals surface area contributed by atoms with E-state index in [0.29, 0.717) is 13.0 Å². The van der Waals surface area contributed by atoms with Crippen molar-refractivity contribution in [3.8, 4) is 0 Å². The van der Waals surface area contributed by atoms with Gasteiger partial charge in [-0.15, -0.1) is 0 Å². The van der Waals surface area contributed by atoms with Crippen LogP contribution in [0.4, 0.5) is 10.5 Å². The maximum absolute atomic E-state index is 12.3. The van der Waals surface area contributed by atoms with Crippen LogP contribution in [0.5, 0.6) is 0 Å². The van der Waals surface area contributed by atoms with E-state index in [-0.39, 0.29) is 17.9 Å². The standard InChI is InChI=1S/C16H20N2O3/c1-18-10-12-9-11(4-6-14(12)17-16(18)20)15(19)7-5-13-3-2-8-21-13/h4,6,9,13H,2-3,5,7-8,10H2,1H3,(H,17,20). The molecule has 2 aliphatic rings. The minimum absolute atomic E-state index is 0.111. The summed E-state index contributed by atoms with van der Waals surface area (Å²) in [6.45, 7) is 1.36. The summed E-state index contributed by atoms with van der Waals surface area (Å²) in [7, 11) is 1.74. The van der Waals surface area contributed by atoms with Gasteiger partial charge in [-0.1, -0.05) is 0 Å². The summed E-state index contributed by atoms with van der Waals surface area (Å²) in [6.07, 6.45) is 3.73. The molecular formula is C16H20N2O3. The van der Waals surface area contributed by atoms with Crippen LogP contribution >= 0.6 is 0 Å². The van der Waals surface area contributed by atoms with E-state index in [4.69, 9.17) is 4.74 Å². The van der Waals surface area contributed by atoms with E-state index in [1.165, 1.54) is 0 Å². The number of nitrogens with zero attached hydrogens (tertiary/aromatic N) is 1. The summed E-state index contributed by atoms with van der Waals surface area (Å²) >= 11 is 0. The quantitative estimate of drug-likeness (QED) is 0.867. The molecule has 1 saturated heterocycles. The lowest BCUT2D eigenvalue weighted by atomic mass is 9.99. The number of fused-ring (bicyclic) bond motifs is 1. The Morgan fingerprint density at radius 2 is 2.33 bits per heavy atom. The summed E-state index contributed by atoms with van der Waals surface area (Å²) in [5.41, 5.74) is 2.50. The van der Waals surface area contributed by atoms with Crippen molar-refractivity contribution in [1.82, 2.24) is 4.90 Å². The van der Waals surface area contributed by atoms with Crippen molar-refractivity contribution in [2.24, 2.45) is 0 Å². The van der Waals surface area contributed by atoms with Crippen molar-refractivity contribution in [2.75, 3.05) is 19.0 Å². The number of carbonyl (C=O) groups is 2. The van der Waals surface area contributed by atoms with Crippen molar-refractivity contribution in [1.29, 1.82) is 0 Å². The molecule has 0 radical (unpaired) electrons. The van der Waals surface area contributed by atoms with Crippen LogP contribution in [-0.4, -0.2) is 36.5 Å². The Bertz CT molecular complexity index is 565. The first-order valence-electron chi connectivity index (χ1n) is 7.43. The summed E-state index contributed by atoms with van der Waals surface area (Å²) in [5.74, 6) is 0.146. The summed E-state index contributed by atoms with van der Waals surface area (Å²) in [6, 6.07) is 5.39. The van der Waals surface area contributed by atoms with Crippen LogP contribution in [-0.2, 0) is 11.3 Å².